The van der Waals surface area contributed by atoms with Gasteiger partial charge in [-0.3, -0.25) is 0 Å². The Morgan fingerprint density at radius 2 is 1.68 bits per heavy atom. The molecular formula is C16H32N2O. The Morgan fingerprint density at radius 1 is 1.05 bits per heavy atom. The largest absolute Gasteiger partial charge is 0.392 e. The van der Waals surface area contributed by atoms with Gasteiger partial charge in [-0.25, -0.2) is 0 Å². The van der Waals surface area contributed by atoms with Crippen LogP contribution in [0, 0.1) is 11.8 Å². The van der Waals surface area contributed by atoms with Crippen molar-refractivity contribution in [3.8, 4) is 0 Å². The van der Waals surface area contributed by atoms with Gasteiger partial charge < -0.3 is 14.9 Å². The molecule has 0 saturated carbocycles. The summed E-state index contributed by atoms with van der Waals surface area (Å²) in [6.07, 6.45) is 6.39. The second-order valence-electron chi connectivity index (χ2n) is 6.70. The lowest BCUT2D eigenvalue weighted by molar-refractivity contribution is 0.0508. The zero-order chi connectivity index (χ0) is 13.7. The first-order valence-electron chi connectivity index (χ1n) is 8.31. The van der Waals surface area contributed by atoms with Crippen LogP contribution < -0.4 is 0 Å². The highest BCUT2D eigenvalue weighted by Gasteiger charge is 2.24. The molecule has 0 aromatic heterocycles. The van der Waals surface area contributed by atoms with Gasteiger partial charge in [-0.1, -0.05) is 20.3 Å². The van der Waals surface area contributed by atoms with Crippen LogP contribution >= 0.6 is 0 Å². The van der Waals surface area contributed by atoms with Gasteiger partial charge in [-0.05, 0) is 63.7 Å². The lowest BCUT2D eigenvalue weighted by atomic mass is 9.95. The smallest absolute Gasteiger partial charge is 0.0692 e. The minimum Gasteiger partial charge on any atom is -0.392 e. The number of nitrogens with zero attached hydrogens (tertiary/aromatic N) is 2. The molecule has 3 nitrogen and oxygen atoms in total. The third-order valence-corrected chi connectivity index (χ3v) is 5.17. The Hall–Kier alpha value is -0.120. The fourth-order valence-electron chi connectivity index (χ4n) is 3.40. The Kier molecular flexibility index (Phi) is 6.11. The molecule has 2 rings (SSSR count). The molecule has 3 heteroatoms. The van der Waals surface area contributed by atoms with Crippen LogP contribution in [0.3, 0.4) is 0 Å². The molecule has 0 bridgehead atoms. The number of rotatable bonds is 6. The van der Waals surface area contributed by atoms with Crippen molar-refractivity contribution in [2.24, 2.45) is 11.8 Å². The minimum absolute atomic E-state index is 0.139. The first-order valence-corrected chi connectivity index (χ1v) is 8.31. The summed E-state index contributed by atoms with van der Waals surface area (Å²) in [5.41, 5.74) is 0. The van der Waals surface area contributed by atoms with E-state index in [1.165, 1.54) is 58.4 Å². The lowest BCUT2D eigenvalue weighted by Gasteiger charge is -2.35. The van der Waals surface area contributed by atoms with E-state index in [-0.39, 0.29) is 6.10 Å². The van der Waals surface area contributed by atoms with Crippen LogP contribution in [0.1, 0.15) is 46.0 Å². The summed E-state index contributed by atoms with van der Waals surface area (Å²) < 4.78 is 0. The maximum atomic E-state index is 10.1. The van der Waals surface area contributed by atoms with Crippen LogP contribution in [-0.4, -0.2) is 60.3 Å². The first kappa shape index (κ1) is 15.3. The minimum atomic E-state index is -0.139. The van der Waals surface area contributed by atoms with Gasteiger partial charge in [-0.2, -0.15) is 0 Å². The van der Waals surface area contributed by atoms with E-state index in [2.05, 4.69) is 23.6 Å². The average molecular weight is 268 g/mol. The molecule has 1 N–H and O–H groups in total. The van der Waals surface area contributed by atoms with E-state index in [4.69, 9.17) is 0 Å². The summed E-state index contributed by atoms with van der Waals surface area (Å²) in [4.78, 5) is 5.12. The fourth-order valence-corrected chi connectivity index (χ4v) is 3.40. The highest BCUT2D eigenvalue weighted by molar-refractivity contribution is 4.79. The van der Waals surface area contributed by atoms with Gasteiger partial charge in [0.15, 0.2) is 0 Å². The highest BCUT2D eigenvalue weighted by Crippen LogP contribution is 2.21. The van der Waals surface area contributed by atoms with E-state index in [0.29, 0.717) is 5.92 Å². The number of hydrogen-bond donors (Lipinski definition) is 1. The van der Waals surface area contributed by atoms with Crippen molar-refractivity contribution in [2.45, 2.75) is 52.1 Å². The second-order valence-corrected chi connectivity index (χ2v) is 6.70. The average Bonchev–Trinajstić information content (AvgIpc) is 2.93. The van der Waals surface area contributed by atoms with Crippen molar-refractivity contribution in [3.63, 3.8) is 0 Å². The van der Waals surface area contributed by atoms with Crippen molar-refractivity contribution < 1.29 is 5.11 Å². The third kappa shape index (κ3) is 4.73. The van der Waals surface area contributed by atoms with Gasteiger partial charge in [0.25, 0.3) is 0 Å². The van der Waals surface area contributed by atoms with E-state index in [9.17, 15) is 5.11 Å². The quantitative estimate of drug-likeness (QED) is 0.800. The molecule has 19 heavy (non-hydrogen) atoms. The van der Waals surface area contributed by atoms with Crippen molar-refractivity contribution in [1.82, 2.24) is 9.80 Å². The standard InChI is InChI=1S/C16H32N2O/c1-3-14(2)16(19)13-18-10-6-15(7-11-18)12-17-8-4-5-9-17/h14-16,19H,3-13H2,1-2H3. The van der Waals surface area contributed by atoms with Crippen LogP contribution in [0.5, 0.6) is 0 Å². The van der Waals surface area contributed by atoms with Gasteiger partial charge >= 0.3 is 0 Å². The van der Waals surface area contributed by atoms with Crippen LogP contribution in [0.15, 0.2) is 0 Å². The van der Waals surface area contributed by atoms with Gasteiger partial charge in [0.1, 0.15) is 0 Å². The highest BCUT2D eigenvalue weighted by atomic mass is 16.3. The van der Waals surface area contributed by atoms with E-state index in [1.54, 1.807) is 0 Å². The fraction of sp³-hybridized carbons (Fsp3) is 1.00. The van der Waals surface area contributed by atoms with Crippen molar-refractivity contribution in [3.05, 3.63) is 0 Å². The zero-order valence-electron chi connectivity index (χ0n) is 12.9. The number of β-amino-alcohol motifs (C(OH)–C–C–N with tert-alkyl or cyclic N) is 1. The predicted octanol–water partition coefficient (Wildman–Crippen LogP) is 2.20. The normalized spacial score (nSPS) is 26.7. The van der Waals surface area contributed by atoms with E-state index in [1.807, 2.05) is 0 Å². The Bertz CT molecular complexity index is 245. The summed E-state index contributed by atoms with van der Waals surface area (Å²) in [6.45, 7) is 11.5. The third-order valence-electron chi connectivity index (χ3n) is 5.17. The Morgan fingerprint density at radius 3 is 2.26 bits per heavy atom. The SMILES string of the molecule is CCC(C)C(O)CN1CCC(CN2CCCC2)CC1. The van der Waals surface area contributed by atoms with Crippen molar-refractivity contribution in [2.75, 3.05) is 39.3 Å². The molecular weight excluding hydrogens is 236 g/mol. The van der Waals surface area contributed by atoms with E-state index in [0.717, 1.165) is 18.9 Å². The lowest BCUT2D eigenvalue weighted by Crippen LogP contribution is -2.42. The van der Waals surface area contributed by atoms with Crippen molar-refractivity contribution >= 4 is 0 Å². The predicted molar refractivity (Wildman–Crippen MR) is 80.3 cm³/mol. The van der Waals surface area contributed by atoms with Crippen molar-refractivity contribution in [1.29, 1.82) is 0 Å². The topological polar surface area (TPSA) is 26.7 Å². The number of likely N-dealkylation sites (tertiary alicyclic amines) is 2. The Balaban J connectivity index is 1.64. The Labute approximate surface area is 119 Å². The van der Waals surface area contributed by atoms with Gasteiger partial charge in [0.05, 0.1) is 6.10 Å². The molecule has 0 aromatic rings. The van der Waals surface area contributed by atoms with Crippen LogP contribution in [0.25, 0.3) is 0 Å². The van der Waals surface area contributed by atoms with Gasteiger partial charge in [0, 0.05) is 13.1 Å². The molecule has 2 aliphatic rings. The molecule has 0 radical (unpaired) electrons. The number of hydrogen-bond acceptors (Lipinski definition) is 3. The van der Waals surface area contributed by atoms with E-state index < -0.39 is 0 Å². The molecule has 112 valence electrons. The molecule has 2 unspecified atom stereocenters. The molecule has 2 fully saturated rings. The van der Waals surface area contributed by atoms with Crippen LogP contribution in [-0.2, 0) is 0 Å². The summed E-state index contributed by atoms with van der Waals surface area (Å²) in [5.74, 6) is 1.33. The van der Waals surface area contributed by atoms with E-state index >= 15 is 0 Å². The molecule has 2 atom stereocenters. The number of aliphatic hydroxyl groups is 1. The van der Waals surface area contributed by atoms with Gasteiger partial charge in [0.2, 0.25) is 0 Å². The van der Waals surface area contributed by atoms with Crippen LogP contribution in [0.2, 0.25) is 0 Å². The van der Waals surface area contributed by atoms with Gasteiger partial charge in [-0.15, -0.1) is 0 Å². The second kappa shape index (κ2) is 7.61. The summed E-state index contributed by atoms with van der Waals surface area (Å²) in [7, 11) is 0. The maximum absolute atomic E-state index is 10.1. The summed E-state index contributed by atoms with van der Waals surface area (Å²) >= 11 is 0. The molecule has 0 spiro atoms. The number of piperidine rings is 1. The summed E-state index contributed by atoms with van der Waals surface area (Å²) in [5, 5.41) is 10.1. The monoisotopic (exact) mass is 268 g/mol. The molecule has 0 amide bonds. The molecule has 0 aromatic carbocycles. The zero-order valence-corrected chi connectivity index (χ0v) is 12.9. The van der Waals surface area contributed by atoms with Crippen LogP contribution in [0.4, 0.5) is 0 Å². The summed E-state index contributed by atoms with van der Waals surface area (Å²) in [6, 6.07) is 0. The number of aliphatic hydroxyl groups excluding tert-OH is 1. The first-order chi connectivity index (χ1) is 9.19. The molecule has 2 heterocycles. The molecule has 0 aliphatic carbocycles. The molecule has 2 saturated heterocycles. The molecule has 2 aliphatic heterocycles. The maximum Gasteiger partial charge on any atom is 0.0692 e.